The minimum absolute atomic E-state index is 0. The van der Waals surface area contributed by atoms with Gasteiger partial charge in [0.25, 0.3) is 0 Å². The Balaban J connectivity index is 0.000000810. The number of carboxylic acid groups (broad SMARTS) is 1. The number of nitrogens with zero attached hydrogens (tertiary/aromatic N) is 2. The van der Waals surface area contributed by atoms with Crippen molar-refractivity contribution in [3.63, 3.8) is 0 Å². The van der Waals surface area contributed by atoms with Gasteiger partial charge < -0.3 is 9.90 Å². The van der Waals surface area contributed by atoms with Gasteiger partial charge in [-0.1, -0.05) is 0 Å². The van der Waals surface area contributed by atoms with Crippen LogP contribution in [0.25, 0.3) is 0 Å². The van der Waals surface area contributed by atoms with Gasteiger partial charge in [0, 0.05) is 12.4 Å². The quantitative estimate of drug-likeness (QED) is 0.427. The first-order valence-corrected chi connectivity index (χ1v) is 2.33. The third-order valence-corrected chi connectivity index (χ3v) is 0.790. The van der Waals surface area contributed by atoms with Crippen LogP contribution < -0.4 is 34.7 Å². The number of hydrogen-bond donors (Lipinski definition) is 1. The van der Waals surface area contributed by atoms with E-state index in [2.05, 4.69) is 15.4 Å². The van der Waals surface area contributed by atoms with Crippen LogP contribution in [0.5, 0.6) is 0 Å². The third kappa shape index (κ3) is 2.95. The van der Waals surface area contributed by atoms with Gasteiger partial charge in [-0.2, -0.15) is 15.4 Å². The van der Waals surface area contributed by atoms with Crippen LogP contribution in [-0.2, 0) is 11.2 Å². The van der Waals surface area contributed by atoms with Crippen LogP contribution in [0.15, 0.2) is 6.20 Å². The molecule has 0 saturated carbocycles. The molecule has 1 aromatic heterocycles. The molecule has 6 heteroatoms. The zero-order valence-electron chi connectivity index (χ0n) is 5.50. The molecule has 0 aromatic carbocycles. The number of carbonyl (C=O) groups is 1. The first kappa shape index (κ1) is 9.61. The smallest absolute Gasteiger partial charge is 0.550 e. The summed E-state index contributed by atoms with van der Waals surface area (Å²) in [7, 11) is 0. The molecule has 1 N–H and O–H groups in total. The van der Waals surface area contributed by atoms with Crippen molar-refractivity contribution in [2.24, 2.45) is 0 Å². The molecule has 48 valence electrons. The maximum atomic E-state index is 9.87. The van der Waals surface area contributed by atoms with Crippen molar-refractivity contribution in [1.82, 2.24) is 15.4 Å². The van der Waals surface area contributed by atoms with Crippen molar-refractivity contribution in [3.8, 4) is 0 Å². The van der Waals surface area contributed by atoms with E-state index in [1.165, 1.54) is 6.20 Å². The van der Waals surface area contributed by atoms with Crippen molar-refractivity contribution in [2.45, 2.75) is 6.42 Å². The molecule has 0 aliphatic carbocycles. The molecule has 0 aliphatic rings. The number of carboxylic acids is 1. The Kier molecular flexibility index (Phi) is 4.26. The molecule has 0 aliphatic heterocycles. The van der Waals surface area contributed by atoms with Gasteiger partial charge in [-0.05, 0) is 0 Å². The van der Waals surface area contributed by atoms with Crippen LogP contribution in [0.3, 0.4) is 0 Å². The minimum Gasteiger partial charge on any atom is -0.550 e. The van der Waals surface area contributed by atoms with Crippen LogP contribution in [0.1, 0.15) is 5.69 Å². The van der Waals surface area contributed by atoms with Gasteiger partial charge in [-0.15, -0.1) is 0 Å². The number of aromatic nitrogens is 3. The number of rotatable bonds is 2. The van der Waals surface area contributed by atoms with Gasteiger partial charge in [0.05, 0.1) is 11.9 Å². The third-order valence-electron chi connectivity index (χ3n) is 0.790. The van der Waals surface area contributed by atoms with Crippen LogP contribution in [0.2, 0.25) is 0 Å². The first-order chi connectivity index (χ1) is 4.29. The van der Waals surface area contributed by atoms with Gasteiger partial charge in [0.15, 0.2) is 0 Å². The SMILES string of the molecule is O=C([O-])Cc1cn[nH]n1.[Na+]. The molecular weight excluding hydrogens is 145 g/mol. The Bertz CT molecular complexity index is 198. The zero-order chi connectivity index (χ0) is 6.69. The number of nitrogens with one attached hydrogen (secondary N) is 1. The van der Waals surface area contributed by atoms with Crippen LogP contribution in [-0.4, -0.2) is 21.4 Å². The summed E-state index contributed by atoms with van der Waals surface area (Å²) in [5.41, 5.74) is 0.384. The van der Waals surface area contributed by atoms with Crippen molar-refractivity contribution in [2.75, 3.05) is 0 Å². The Morgan fingerprint density at radius 1 is 1.80 bits per heavy atom. The summed E-state index contributed by atoms with van der Waals surface area (Å²) in [5.74, 6) is -1.15. The fourth-order valence-corrected chi connectivity index (χ4v) is 0.458. The molecule has 5 nitrogen and oxygen atoms in total. The topological polar surface area (TPSA) is 81.7 Å². The molecule has 0 radical (unpaired) electrons. The van der Waals surface area contributed by atoms with E-state index in [1.807, 2.05) is 0 Å². The normalized spacial score (nSPS) is 8.40. The Hall–Kier alpha value is -0.390. The summed E-state index contributed by atoms with van der Waals surface area (Å²) >= 11 is 0. The number of H-pyrrole nitrogens is 1. The largest absolute Gasteiger partial charge is 1.00 e. The molecule has 0 spiro atoms. The number of hydrogen-bond acceptors (Lipinski definition) is 4. The van der Waals surface area contributed by atoms with Gasteiger partial charge in [-0.3, -0.25) is 0 Å². The summed E-state index contributed by atoms with van der Waals surface area (Å²) in [6.45, 7) is 0. The average Bonchev–Trinajstić information content (AvgIpc) is 2.15. The molecule has 0 fully saturated rings. The van der Waals surface area contributed by atoms with E-state index in [-0.39, 0.29) is 36.0 Å². The summed E-state index contributed by atoms with van der Waals surface area (Å²) in [5, 5.41) is 19.1. The van der Waals surface area contributed by atoms with Crippen LogP contribution in [0, 0.1) is 0 Å². The fraction of sp³-hybridized carbons (Fsp3) is 0.250. The molecule has 1 aromatic rings. The standard InChI is InChI=1S/C4H5N3O2.Na/c8-4(9)1-3-2-5-7-6-3;/h2H,1H2,(H,8,9)(H,5,6,7);/q;+1/p-1. The molecule has 0 saturated heterocycles. The number of aromatic amines is 1. The second kappa shape index (κ2) is 4.43. The Labute approximate surface area is 79.1 Å². The van der Waals surface area contributed by atoms with E-state index in [1.54, 1.807) is 0 Å². The predicted molar refractivity (Wildman–Crippen MR) is 25.1 cm³/mol. The first-order valence-electron chi connectivity index (χ1n) is 2.33. The van der Waals surface area contributed by atoms with E-state index < -0.39 is 5.97 Å². The molecule has 0 bridgehead atoms. The van der Waals surface area contributed by atoms with E-state index in [4.69, 9.17) is 0 Å². The zero-order valence-corrected chi connectivity index (χ0v) is 7.50. The summed E-state index contributed by atoms with van der Waals surface area (Å²) < 4.78 is 0. The van der Waals surface area contributed by atoms with Gasteiger partial charge in [-0.25, -0.2) is 0 Å². The maximum absolute atomic E-state index is 9.87. The van der Waals surface area contributed by atoms with Crippen molar-refractivity contribution >= 4 is 5.97 Å². The summed E-state index contributed by atoms with van der Waals surface area (Å²) in [4.78, 5) is 9.87. The number of aliphatic carboxylic acids is 1. The molecular formula is C4H4N3NaO2. The van der Waals surface area contributed by atoms with Gasteiger partial charge in [0.2, 0.25) is 0 Å². The van der Waals surface area contributed by atoms with E-state index in [9.17, 15) is 9.90 Å². The van der Waals surface area contributed by atoms with Crippen LogP contribution >= 0.6 is 0 Å². The van der Waals surface area contributed by atoms with Crippen molar-refractivity contribution in [3.05, 3.63) is 11.9 Å². The molecule has 0 amide bonds. The Morgan fingerprint density at radius 2 is 2.50 bits per heavy atom. The van der Waals surface area contributed by atoms with E-state index in [0.29, 0.717) is 5.69 Å². The summed E-state index contributed by atoms with van der Waals surface area (Å²) in [6.07, 6.45) is 1.16. The van der Waals surface area contributed by atoms with Crippen LogP contribution in [0.4, 0.5) is 0 Å². The molecule has 0 unspecified atom stereocenters. The summed E-state index contributed by atoms with van der Waals surface area (Å²) in [6, 6.07) is 0. The van der Waals surface area contributed by atoms with E-state index >= 15 is 0 Å². The Morgan fingerprint density at radius 3 is 2.90 bits per heavy atom. The predicted octanol–water partition coefficient (Wildman–Crippen LogP) is -4.90. The molecule has 0 atom stereocenters. The second-order valence-electron chi connectivity index (χ2n) is 1.51. The average molecular weight is 149 g/mol. The maximum Gasteiger partial charge on any atom is 1.00 e. The van der Waals surface area contributed by atoms with Crippen molar-refractivity contribution < 1.29 is 39.5 Å². The fourth-order valence-electron chi connectivity index (χ4n) is 0.458. The van der Waals surface area contributed by atoms with E-state index in [0.717, 1.165) is 0 Å². The van der Waals surface area contributed by atoms with Gasteiger partial charge in [0.1, 0.15) is 0 Å². The molecule has 1 heterocycles. The monoisotopic (exact) mass is 149 g/mol. The molecule has 10 heavy (non-hydrogen) atoms. The number of carbonyl (C=O) groups excluding carboxylic acids is 1. The molecule has 1 rings (SSSR count). The van der Waals surface area contributed by atoms with Gasteiger partial charge >= 0.3 is 29.6 Å². The second-order valence-corrected chi connectivity index (χ2v) is 1.51. The van der Waals surface area contributed by atoms with Crippen molar-refractivity contribution in [1.29, 1.82) is 0 Å². The minimum atomic E-state index is -1.15.